The van der Waals surface area contributed by atoms with Crippen molar-refractivity contribution in [2.75, 3.05) is 33.4 Å². The van der Waals surface area contributed by atoms with Crippen LogP contribution in [0.3, 0.4) is 0 Å². The Bertz CT molecular complexity index is 1150. The monoisotopic (exact) mass is 474 g/mol. The fourth-order valence-corrected chi connectivity index (χ4v) is 5.58. The number of carbonyl (C=O) groups excluding carboxylic acids is 1. The van der Waals surface area contributed by atoms with E-state index in [1.165, 1.54) is 17.7 Å². The number of ether oxygens (including phenoxy) is 1. The Kier molecular flexibility index (Phi) is 6.84. The van der Waals surface area contributed by atoms with Crippen LogP contribution in [0.25, 0.3) is 11.1 Å². The molecule has 2 saturated heterocycles. The Morgan fingerprint density at radius 1 is 0.943 bits per heavy atom. The molecule has 0 saturated carbocycles. The van der Waals surface area contributed by atoms with E-state index in [0.717, 1.165) is 36.3 Å². The summed E-state index contributed by atoms with van der Waals surface area (Å²) < 4.78 is 18.6. The Balaban J connectivity index is 1.37. The van der Waals surface area contributed by atoms with Gasteiger partial charge in [0.2, 0.25) is 0 Å². The van der Waals surface area contributed by atoms with E-state index < -0.39 is 0 Å². The molecule has 2 aliphatic heterocycles. The van der Waals surface area contributed by atoms with E-state index in [-0.39, 0.29) is 36.3 Å². The van der Waals surface area contributed by atoms with Gasteiger partial charge >= 0.3 is 0 Å². The third-order valence-electron chi connectivity index (χ3n) is 7.47. The molecule has 0 aliphatic carbocycles. The lowest BCUT2D eigenvalue weighted by Gasteiger charge is -2.57. The van der Waals surface area contributed by atoms with Gasteiger partial charge in [0.15, 0.2) is 0 Å². The number of aliphatic hydroxyl groups excluding tert-OH is 1. The number of fused-ring (bicyclic) bond motifs is 1. The van der Waals surface area contributed by atoms with Crippen LogP contribution in [0.2, 0.25) is 0 Å². The first-order valence-corrected chi connectivity index (χ1v) is 12.2. The number of hydrogen-bond acceptors (Lipinski definition) is 4. The van der Waals surface area contributed by atoms with Crippen molar-refractivity contribution >= 4 is 5.91 Å². The number of methoxy groups -OCH3 is 1. The molecule has 0 bridgehead atoms. The van der Waals surface area contributed by atoms with Crippen LogP contribution in [0.15, 0.2) is 72.8 Å². The lowest BCUT2D eigenvalue weighted by molar-refractivity contribution is -0.0606. The number of nitrogens with zero attached hydrogens (tertiary/aromatic N) is 2. The van der Waals surface area contributed by atoms with Gasteiger partial charge in [-0.25, -0.2) is 4.39 Å². The first-order valence-electron chi connectivity index (χ1n) is 12.2. The van der Waals surface area contributed by atoms with Crippen LogP contribution in [0, 0.1) is 5.82 Å². The first kappa shape index (κ1) is 23.5. The lowest BCUT2D eigenvalue weighted by atomic mass is 9.74. The second-order valence-electron chi connectivity index (χ2n) is 9.40. The molecule has 0 spiro atoms. The van der Waals surface area contributed by atoms with Crippen LogP contribution >= 0.6 is 0 Å². The van der Waals surface area contributed by atoms with E-state index in [4.69, 9.17) is 4.74 Å². The van der Waals surface area contributed by atoms with Crippen molar-refractivity contribution in [2.45, 2.75) is 30.8 Å². The number of halogens is 1. The van der Waals surface area contributed by atoms with Gasteiger partial charge in [0, 0.05) is 36.7 Å². The van der Waals surface area contributed by atoms with Gasteiger partial charge in [0.25, 0.3) is 5.91 Å². The summed E-state index contributed by atoms with van der Waals surface area (Å²) >= 11 is 0. The molecule has 2 heterocycles. The van der Waals surface area contributed by atoms with Crippen molar-refractivity contribution in [3.05, 3.63) is 89.7 Å². The van der Waals surface area contributed by atoms with Gasteiger partial charge in [-0.1, -0.05) is 36.4 Å². The zero-order chi connectivity index (χ0) is 24.4. The Morgan fingerprint density at radius 2 is 1.57 bits per heavy atom. The van der Waals surface area contributed by atoms with E-state index >= 15 is 0 Å². The minimum atomic E-state index is -0.344. The summed E-state index contributed by atoms with van der Waals surface area (Å²) in [5.41, 5.74) is 3.93. The fraction of sp³-hybridized carbons (Fsp3) is 0.345. The molecule has 1 N–H and O–H groups in total. The SMILES string of the molecule is COc1ccc(-c2ccc([C@@H]3[C@H]4CN(C(=O)c5ccc(F)cc5)CCCCN4[C@H]3CO)cc2)cc1. The predicted octanol–water partition coefficient (Wildman–Crippen LogP) is 4.57. The summed E-state index contributed by atoms with van der Waals surface area (Å²) in [6.07, 6.45) is 1.89. The van der Waals surface area contributed by atoms with Crippen molar-refractivity contribution in [3.8, 4) is 16.9 Å². The second-order valence-corrected chi connectivity index (χ2v) is 9.40. The highest BCUT2D eigenvalue weighted by molar-refractivity contribution is 5.94. The number of aliphatic hydroxyl groups is 1. The van der Waals surface area contributed by atoms with Crippen LogP contribution in [0.4, 0.5) is 4.39 Å². The molecule has 0 aromatic heterocycles. The number of amides is 1. The van der Waals surface area contributed by atoms with Gasteiger partial charge in [0.1, 0.15) is 11.6 Å². The summed E-state index contributed by atoms with van der Waals surface area (Å²) in [7, 11) is 1.66. The summed E-state index contributed by atoms with van der Waals surface area (Å²) in [5.74, 6) is 0.567. The van der Waals surface area contributed by atoms with Crippen LogP contribution in [0.1, 0.15) is 34.7 Å². The smallest absolute Gasteiger partial charge is 0.253 e. The van der Waals surface area contributed by atoms with Crippen molar-refractivity contribution in [1.82, 2.24) is 9.80 Å². The second kappa shape index (κ2) is 10.2. The Labute approximate surface area is 205 Å². The summed E-state index contributed by atoms with van der Waals surface area (Å²) in [4.78, 5) is 17.5. The standard InChI is InChI=1S/C29H31FN2O3/c1-35-25-14-10-21(11-15-25)20-4-6-22(7-5-20)28-26-18-31(16-2-3-17-32(26)27(28)19-33)29(34)23-8-12-24(30)13-9-23/h4-15,26-28,33H,2-3,16-19H2,1H3/t26-,27+,28-/m1/s1. The van der Waals surface area contributed by atoms with Crippen molar-refractivity contribution in [1.29, 1.82) is 0 Å². The molecule has 182 valence electrons. The molecule has 5 rings (SSSR count). The highest BCUT2D eigenvalue weighted by Crippen LogP contribution is 2.42. The summed E-state index contributed by atoms with van der Waals surface area (Å²) in [6, 6.07) is 22.5. The van der Waals surface area contributed by atoms with Crippen LogP contribution in [0.5, 0.6) is 5.75 Å². The van der Waals surface area contributed by atoms with Crippen molar-refractivity contribution in [2.24, 2.45) is 0 Å². The Morgan fingerprint density at radius 3 is 2.20 bits per heavy atom. The topological polar surface area (TPSA) is 53.0 Å². The fourth-order valence-electron chi connectivity index (χ4n) is 5.58. The minimum Gasteiger partial charge on any atom is -0.497 e. The first-order chi connectivity index (χ1) is 17.1. The zero-order valence-electron chi connectivity index (χ0n) is 19.9. The average molecular weight is 475 g/mol. The normalized spacial score (nSPS) is 22.5. The Hall–Kier alpha value is -3.22. The number of carbonyl (C=O) groups is 1. The number of benzene rings is 3. The van der Waals surface area contributed by atoms with Gasteiger partial charge < -0.3 is 14.7 Å². The maximum atomic E-state index is 13.4. The van der Waals surface area contributed by atoms with Crippen LogP contribution in [-0.2, 0) is 0 Å². The molecule has 5 nitrogen and oxygen atoms in total. The maximum absolute atomic E-state index is 13.4. The minimum absolute atomic E-state index is 0.0488. The largest absolute Gasteiger partial charge is 0.497 e. The summed E-state index contributed by atoms with van der Waals surface area (Å²) in [5, 5.41) is 10.2. The quantitative estimate of drug-likeness (QED) is 0.589. The van der Waals surface area contributed by atoms with Gasteiger partial charge in [-0.3, -0.25) is 9.69 Å². The van der Waals surface area contributed by atoms with E-state index in [1.807, 2.05) is 29.2 Å². The lowest BCUT2D eigenvalue weighted by Crippen LogP contribution is -2.67. The highest BCUT2D eigenvalue weighted by Gasteiger charge is 2.49. The molecule has 35 heavy (non-hydrogen) atoms. The molecule has 1 amide bonds. The molecule has 3 aromatic rings. The van der Waals surface area contributed by atoms with Gasteiger partial charge in [0.05, 0.1) is 13.7 Å². The zero-order valence-corrected chi connectivity index (χ0v) is 19.9. The van der Waals surface area contributed by atoms with E-state index in [0.29, 0.717) is 18.7 Å². The molecular formula is C29H31FN2O3. The number of hydrogen-bond donors (Lipinski definition) is 1. The summed E-state index contributed by atoms with van der Waals surface area (Å²) in [6.45, 7) is 2.30. The predicted molar refractivity (Wildman–Crippen MR) is 134 cm³/mol. The third-order valence-corrected chi connectivity index (χ3v) is 7.47. The average Bonchev–Trinajstić information content (AvgIpc) is 2.88. The van der Waals surface area contributed by atoms with Crippen LogP contribution < -0.4 is 4.74 Å². The molecule has 2 fully saturated rings. The van der Waals surface area contributed by atoms with Crippen LogP contribution in [-0.4, -0.2) is 66.2 Å². The number of rotatable bonds is 5. The molecule has 0 unspecified atom stereocenters. The van der Waals surface area contributed by atoms with E-state index in [1.54, 1.807) is 19.2 Å². The van der Waals surface area contributed by atoms with Crippen molar-refractivity contribution in [3.63, 3.8) is 0 Å². The molecule has 2 aliphatic rings. The molecular weight excluding hydrogens is 443 g/mol. The van der Waals surface area contributed by atoms with E-state index in [2.05, 4.69) is 29.2 Å². The third kappa shape index (κ3) is 4.68. The molecule has 0 radical (unpaired) electrons. The van der Waals surface area contributed by atoms with Crippen molar-refractivity contribution < 1.29 is 19.0 Å². The van der Waals surface area contributed by atoms with Gasteiger partial charge in [-0.05, 0) is 72.5 Å². The molecule has 3 aromatic carbocycles. The molecule has 3 atom stereocenters. The van der Waals surface area contributed by atoms with Gasteiger partial charge in [-0.2, -0.15) is 0 Å². The van der Waals surface area contributed by atoms with E-state index in [9.17, 15) is 14.3 Å². The molecule has 6 heteroatoms. The van der Waals surface area contributed by atoms with Gasteiger partial charge in [-0.15, -0.1) is 0 Å². The maximum Gasteiger partial charge on any atom is 0.253 e. The highest BCUT2D eigenvalue weighted by atomic mass is 19.1.